The van der Waals surface area contributed by atoms with Crippen molar-refractivity contribution in [1.82, 2.24) is 0 Å². The van der Waals surface area contributed by atoms with E-state index < -0.39 is 5.91 Å². The van der Waals surface area contributed by atoms with Gasteiger partial charge in [-0.05, 0) is 19.1 Å². The molecule has 0 aliphatic carbocycles. The van der Waals surface area contributed by atoms with Gasteiger partial charge >= 0.3 is 0 Å². The van der Waals surface area contributed by atoms with Crippen molar-refractivity contribution in [1.29, 1.82) is 0 Å². The lowest BCUT2D eigenvalue weighted by atomic mass is 10.4. The van der Waals surface area contributed by atoms with Crippen LogP contribution >= 0.6 is 0 Å². The fourth-order valence-corrected chi connectivity index (χ4v) is 0.479. The van der Waals surface area contributed by atoms with E-state index in [2.05, 4.69) is 39.9 Å². The van der Waals surface area contributed by atoms with Gasteiger partial charge in [-0.2, -0.15) is 0 Å². The van der Waals surface area contributed by atoms with Gasteiger partial charge in [0.25, 0.3) is 0 Å². The first-order valence-corrected chi connectivity index (χ1v) is 4.24. The maximum atomic E-state index is 9.47. The maximum Gasteiger partial charge on any atom is 0.240 e. The molecule has 0 saturated carbocycles. The van der Waals surface area contributed by atoms with Gasteiger partial charge in [0.15, 0.2) is 0 Å². The number of hydrogen-bond donors (Lipinski definition) is 1. The Morgan fingerprint density at radius 3 is 1.86 bits per heavy atom. The molecule has 0 saturated heterocycles. The summed E-state index contributed by atoms with van der Waals surface area (Å²) in [4.78, 5) is 9.47. The number of halogens is 1. The molecule has 0 spiro atoms. The average Bonchev–Trinajstić information content (AvgIpc) is 2.05. The Morgan fingerprint density at radius 1 is 1.43 bits per heavy atom. The first-order chi connectivity index (χ1) is 5.89. The van der Waals surface area contributed by atoms with E-state index in [1.54, 1.807) is 0 Å². The number of likely N-dealkylation sites (N-methyl/N-ethyl adjacent to an activating group) is 1. The molecule has 0 aliphatic heterocycles. The highest BCUT2D eigenvalue weighted by Gasteiger charge is 2.06. The van der Waals surface area contributed by atoms with E-state index in [1.807, 2.05) is 6.08 Å². The second-order valence-corrected chi connectivity index (χ2v) is 3.33. The molecule has 1 amide bonds. The Labute approximate surface area is 93.3 Å². The van der Waals surface area contributed by atoms with Gasteiger partial charge in [0.1, 0.15) is 0 Å². The number of primary amides is 1. The van der Waals surface area contributed by atoms with Crippen molar-refractivity contribution in [2.24, 2.45) is 5.73 Å². The molecule has 0 fully saturated rings. The van der Waals surface area contributed by atoms with Crippen molar-refractivity contribution in [3.63, 3.8) is 0 Å². The molecule has 0 aromatic rings. The zero-order chi connectivity index (χ0) is 10.9. The molecular formula is C10H21ClN2O. The number of carbonyl (C=O) groups is 1. The van der Waals surface area contributed by atoms with E-state index in [-0.39, 0.29) is 12.4 Å². The first kappa shape index (κ1) is 18.9. The van der Waals surface area contributed by atoms with Crippen LogP contribution in [0.2, 0.25) is 0 Å². The quantitative estimate of drug-likeness (QED) is 0.330. The standard InChI is InChI=1S/C7H16N.C3H5NO.ClH/c1-5-7-8(3,4)6-2;1-2-3(4)5;/h5H,1,6-7H2,2-4H3;2H,1H2,(H2,4,5);1H/q+1;;/p-1. The van der Waals surface area contributed by atoms with E-state index >= 15 is 0 Å². The molecule has 4 heteroatoms. The highest BCUT2D eigenvalue weighted by molar-refractivity contribution is 5.84. The molecule has 0 aromatic carbocycles. The summed E-state index contributed by atoms with van der Waals surface area (Å²) in [6, 6.07) is 0. The monoisotopic (exact) mass is 220 g/mol. The number of nitrogens with zero attached hydrogens (tertiary/aromatic N) is 1. The van der Waals surface area contributed by atoms with Gasteiger partial charge in [0, 0.05) is 0 Å². The van der Waals surface area contributed by atoms with Crippen LogP contribution in [0.3, 0.4) is 0 Å². The second kappa shape index (κ2) is 10.3. The minimum atomic E-state index is -0.481. The normalized spacial score (nSPS) is 8.79. The van der Waals surface area contributed by atoms with Crippen LogP contribution in [0.4, 0.5) is 0 Å². The first-order valence-electron chi connectivity index (χ1n) is 4.24. The molecular weight excluding hydrogens is 200 g/mol. The Hall–Kier alpha value is -0.800. The van der Waals surface area contributed by atoms with Crippen LogP contribution in [0.5, 0.6) is 0 Å². The predicted molar refractivity (Wildman–Crippen MR) is 57.1 cm³/mol. The third kappa shape index (κ3) is 17.3. The van der Waals surface area contributed by atoms with Crippen LogP contribution in [0, 0.1) is 0 Å². The Balaban J connectivity index is -0.000000177. The van der Waals surface area contributed by atoms with E-state index in [1.165, 1.54) is 6.54 Å². The molecule has 0 radical (unpaired) electrons. The average molecular weight is 221 g/mol. The molecule has 0 bridgehead atoms. The molecule has 84 valence electrons. The molecule has 0 aromatic heterocycles. The molecule has 14 heavy (non-hydrogen) atoms. The van der Waals surface area contributed by atoms with Crippen molar-refractivity contribution >= 4 is 5.91 Å². The van der Waals surface area contributed by atoms with Crippen LogP contribution in [0.25, 0.3) is 0 Å². The van der Waals surface area contributed by atoms with Crippen LogP contribution in [-0.2, 0) is 4.79 Å². The number of nitrogens with two attached hydrogens (primary N) is 1. The third-order valence-electron chi connectivity index (χ3n) is 1.68. The summed E-state index contributed by atoms with van der Waals surface area (Å²) in [7, 11) is 4.39. The van der Waals surface area contributed by atoms with Gasteiger partial charge in [-0.25, -0.2) is 0 Å². The van der Waals surface area contributed by atoms with Crippen molar-refractivity contribution in [3.8, 4) is 0 Å². The fraction of sp³-hybridized carbons (Fsp3) is 0.500. The van der Waals surface area contributed by atoms with Crippen LogP contribution < -0.4 is 18.1 Å². The van der Waals surface area contributed by atoms with Crippen LogP contribution in [0.15, 0.2) is 25.3 Å². The van der Waals surface area contributed by atoms with Gasteiger partial charge in [0.05, 0.1) is 27.2 Å². The zero-order valence-electron chi connectivity index (χ0n) is 9.29. The molecule has 0 unspecified atom stereocenters. The Kier molecular flexibility index (Phi) is 13.9. The van der Waals surface area contributed by atoms with E-state index in [0.29, 0.717) is 0 Å². The summed E-state index contributed by atoms with van der Waals surface area (Å²) in [5.41, 5.74) is 4.53. The molecule has 0 atom stereocenters. The van der Waals surface area contributed by atoms with Crippen molar-refractivity contribution < 1.29 is 21.7 Å². The fourth-order valence-electron chi connectivity index (χ4n) is 0.479. The molecule has 0 rings (SSSR count). The number of hydrogen-bond acceptors (Lipinski definition) is 1. The van der Waals surface area contributed by atoms with E-state index in [4.69, 9.17) is 0 Å². The molecule has 0 aliphatic rings. The summed E-state index contributed by atoms with van der Waals surface area (Å²) in [6.45, 7) is 11.2. The van der Waals surface area contributed by atoms with E-state index in [9.17, 15) is 4.79 Å². The lowest BCUT2D eigenvalue weighted by Gasteiger charge is -2.26. The third-order valence-corrected chi connectivity index (χ3v) is 1.68. The highest BCUT2D eigenvalue weighted by atomic mass is 35.5. The van der Waals surface area contributed by atoms with Gasteiger partial charge in [-0.1, -0.05) is 13.2 Å². The molecule has 2 N–H and O–H groups in total. The van der Waals surface area contributed by atoms with Gasteiger partial charge in [-0.3, -0.25) is 4.79 Å². The van der Waals surface area contributed by atoms with Gasteiger partial charge < -0.3 is 22.6 Å². The molecule has 0 heterocycles. The van der Waals surface area contributed by atoms with Crippen molar-refractivity contribution in [3.05, 3.63) is 25.3 Å². The largest absolute Gasteiger partial charge is 1.00 e. The summed E-state index contributed by atoms with van der Waals surface area (Å²) >= 11 is 0. The summed E-state index contributed by atoms with van der Waals surface area (Å²) in [5, 5.41) is 0. The number of rotatable bonds is 4. The Morgan fingerprint density at radius 2 is 1.79 bits per heavy atom. The lowest BCUT2D eigenvalue weighted by molar-refractivity contribution is -0.882. The van der Waals surface area contributed by atoms with Crippen molar-refractivity contribution in [2.75, 3.05) is 27.2 Å². The smallest absolute Gasteiger partial charge is 0.240 e. The molecule has 3 nitrogen and oxygen atoms in total. The summed E-state index contributed by atoms with van der Waals surface area (Å²) in [5.74, 6) is -0.481. The minimum Gasteiger partial charge on any atom is -1.00 e. The highest BCUT2D eigenvalue weighted by Crippen LogP contribution is 1.93. The topological polar surface area (TPSA) is 43.1 Å². The number of carbonyl (C=O) groups excluding carboxylic acids is 1. The van der Waals surface area contributed by atoms with Crippen LogP contribution in [0.1, 0.15) is 6.92 Å². The zero-order valence-corrected chi connectivity index (χ0v) is 10.0. The number of quaternary nitrogens is 1. The van der Waals surface area contributed by atoms with E-state index in [0.717, 1.165) is 17.1 Å². The summed E-state index contributed by atoms with van der Waals surface area (Å²) in [6.07, 6.45) is 3.02. The lowest BCUT2D eigenvalue weighted by Crippen LogP contribution is -3.00. The Bertz CT molecular complexity index is 179. The SMILES string of the molecule is C=CC(N)=O.C=CC[N+](C)(C)CC.[Cl-]. The predicted octanol–water partition coefficient (Wildman–Crippen LogP) is -2.07. The minimum absolute atomic E-state index is 0. The number of amides is 1. The maximum absolute atomic E-state index is 9.47. The van der Waals surface area contributed by atoms with Gasteiger partial charge in [-0.15, -0.1) is 0 Å². The summed E-state index contributed by atoms with van der Waals surface area (Å²) < 4.78 is 1.05. The van der Waals surface area contributed by atoms with Gasteiger partial charge in [0.2, 0.25) is 5.91 Å². The van der Waals surface area contributed by atoms with Crippen molar-refractivity contribution in [2.45, 2.75) is 6.92 Å². The van der Waals surface area contributed by atoms with Crippen LogP contribution in [-0.4, -0.2) is 37.6 Å². The second-order valence-electron chi connectivity index (χ2n) is 3.33.